The minimum atomic E-state index is -1.68. The molecule has 6 N–H and O–H groups in total. The van der Waals surface area contributed by atoms with Gasteiger partial charge in [-0.15, -0.1) is 0 Å². The van der Waals surface area contributed by atoms with Crippen molar-refractivity contribution in [3.05, 3.63) is 11.6 Å². The van der Waals surface area contributed by atoms with Gasteiger partial charge in [-0.05, 0) is 103 Å². The highest BCUT2D eigenvalue weighted by molar-refractivity contribution is 5.79. The van der Waals surface area contributed by atoms with Gasteiger partial charge in [-0.1, -0.05) is 60.1 Å². The van der Waals surface area contributed by atoms with E-state index in [1.54, 1.807) is 0 Å². The van der Waals surface area contributed by atoms with Crippen molar-refractivity contribution < 1.29 is 44.9 Å². The van der Waals surface area contributed by atoms with Crippen LogP contribution in [0, 0.1) is 50.2 Å². The second-order valence-corrected chi connectivity index (χ2v) is 17.9. The van der Waals surface area contributed by atoms with Crippen LogP contribution in [0.4, 0.5) is 0 Å². The number of ether oxygens (including phenoxy) is 2. The zero-order valence-electron chi connectivity index (χ0n) is 28.3. The number of allylic oxidation sites excluding steroid dienone is 2. The highest BCUT2D eigenvalue weighted by Gasteiger charge is 2.70. The molecule has 0 amide bonds. The molecule has 0 aromatic heterocycles. The van der Waals surface area contributed by atoms with E-state index in [4.69, 9.17) is 9.47 Å². The summed E-state index contributed by atoms with van der Waals surface area (Å²) in [5.74, 6) is 0.130. The summed E-state index contributed by atoms with van der Waals surface area (Å²) < 4.78 is 11.5. The Morgan fingerprint density at radius 1 is 0.844 bits per heavy atom. The predicted octanol–water partition coefficient (Wildman–Crippen LogP) is 3.46. The van der Waals surface area contributed by atoms with E-state index in [2.05, 4.69) is 54.5 Å². The molecule has 9 heteroatoms. The minimum absolute atomic E-state index is 0.00571. The smallest absolute Gasteiger partial charge is 0.315 e. The van der Waals surface area contributed by atoms with Crippen LogP contribution in [-0.2, 0) is 14.3 Å². The molecule has 45 heavy (non-hydrogen) atoms. The van der Waals surface area contributed by atoms with Crippen LogP contribution < -0.4 is 0 Å². The normalized spacial score (nSPS) is 53.6. The van der Waals surface area contributed by atoms with Crippen molar-refractivity contribution in [2.75, 3.05) is 6.61 Å². The van der Waals surface area contributed by atoms with Crippen molar-refractivity contribution in [2.45, 2.75) is 149 Å². The molecule has 4 saturated carbocycles. The highest BCUT2D eigenvalue weighted by atomic mass is 16.7. The van der Waals surface area contributed by atoms with Gasteiger partial charge in [-0.2, -0.15) is 0 Å². The van der Waals surface area contributed by atoms with E-state index < -0.39 is 60.2 Å². The van der Waals surface area contributed by atoms with Crippen LogP contribution in [0.15, 0.2) is 11.6 Å². The highest BCUT2D eigenvalue weighted by Crippen LogP contribution is 2.75. The Labute approximate surface area is 268 Å². The van der Waals surface area contributed by atoms with Crippen molar-refractivity contribution in [3.8, 4) is 0 Å². The van der Waals surface area contributed by atoms with E-state index in [1.165, 1.54) is 5.57 Å². The van der Waals surface area contributed by atoms with Gasteiger partial charge in [0.15, 0.2) is 0 Å². The lowest BCUT2D eigenvalue weighted by atomic mass is 9.33. The molecule has 1 aliphatic heterocycles. The molecule has 0 bridgehead atoms. The number of hydrogen-bond donors (Lipinski definition) is 6. The number of fused-ring (bicyclic) bond motifs is 7. The summed E-state index contributed by atoms with van der Waals surface area (Å²) in [4.78, 5) is 14.4. The van der Waals surface area contributed by atoms with E-state index in [-0.39, 0.29) is 40.1 Å². The van der Waals surface area contributed by atoms with E-state index in [9.17, 15) is 35.4 Å². The average Bonchev–Trinajstić information content (AvgIpc) is 2.96. The molecule has 5 fully saturated rings. The lowest BCUT2D eigenvalue weighted by molar-refractivity contribution is -0.298. The fourth-order valence-corrected chi connectivity index (χ4v) is 12.0. The van der Waals surface area contributed by atoms with Crippen molar-refractivity contribution in [1.29, 1.82) is 0 Å². The summed E-state index contributed by atoms with van der Waals surface area (Å²) in [6, 6.07) is 0. The number of esters is 1. The van der Waals surface area contributed by atoms with Crippen molar-refractivity contribution in [1.82, 2.24) is 0 Å². The first-order valence-corrected chi connectivity index (χ1v) is 17.4. The molecular formula is C36H58O9. The van der Waals surface area contributed by atoms with Gasteiger partial charge in [0.2, 0.25) is 6.29 Å². The second-order valence-electron chi connectivity index (χ2n) is 17.9. The van der Waals surface area contributed by atoms with Crippen LogP contribution in [0.2, 0.25) is 0 Å². The Kier molecular flexibility index (Phi) is 8.05. The van der Waals surface area contributed by atoms with Crippen molar-refractivity contribution in [3.63, 3.8) is 0 Å². The van der Waals surface area contributed by atoms with E-state index in [1.807, 2.05) is 0 Å². The third-order valence-electron chi connectivity index (χ3n) is 15.3. The average molecular weight is 635 g/mol. The standard InChI is InChI=1S/C36H58O9/c1-31(2)16-20-19-8-9-23-33(5)12-11-24(38)32(3,4)22(33)10-13-35(23,7)34(19,6)14-15-36(20,17-25(31)39)30(43)45-29-28(42)27(41)26(40)21(18-37)44-29/h8,20-29,37-42H,9-18H2,1-7H3. The Hall–Kier alpha value is -1.07. The lowest BCUT2D eigenvalue weighted by Crippen LogP contribution is -2.66. The van der Waals surface area contributed by atoms with E-state index in [0.29, 0.717) is 24.7 Å². The molecule has 9 nitrogen and oxygen atoms in total. The monoisotopic (exact) mass is 634 g/mol. The number of aliphatic hydroxyl groups excluding tert-OH is 6. The summed E-state index contributed by atoms with van der Waals surface area (Å²) in [6.07, 6.45) is 0.775. The first-order valence-electron chi connectivity index (χ1n) is 17.4. The van der Waals surface area contributed by atoms with Gasteiger partial charge in [-0.3, -0.25) is 4.79 Å². The number of carbonyl (C=O) groups is 1. The summed E-state index contributed by atoms with van der Waals surface area (Å²) >= 11 is 0. The van der Waals surface area contributed by atoms with Gasteiger partial charge < -0.3 is 40.1 Å². The van der Waals surface area contributed by atoms with Gasteiger partial charge in [0.05, 0.1) is 24.2 Å². The number of hydrogen-bond acceptors (Lipinski definition) is 9. The zero-order chi connectivity index (χ0) is 33.1. The summed E-state index contributed by atoms with van der Waals surface area (Å²) in [5.41, 5.74) is -0.399. The van der Waals surface area contributed by atoms with Gasteiger partial charge in [0.1, 0.15) is 24.4 Å². The molecule has 0 radical (unpaired) electrons. The van der Waals surface area contributed by atoms with Gasteiger partial charge in [-0.25, -0.2) is 0 Å². The molecule has 6 rings (SSSR count). The molecular weight excluding hydrogens is 576 g/mol. The fourth-order valence-electron chi connectivity index (χ4n) is 12.0. The first-order chi connectivity index (χ1) is 20.8. The van der Waals surface area contributed by atoms with Crippen molar-refractivity contribution in [2.24, 2.45) is 50.2 Å². The Morgan fingerprint density at radius 3 is 2.20 bits per heavy atom. The van der Waals surface area contributed by atoms with Crippen LogP contribution in [-0.4, -0.2) is 86.1 Å². The maximum atomic E-state index is 14.4. The van der Waals surface area contributed by atoms with E-state index in [0.717, 1.165) is 38.5 Å². The third-order valence-corrected chi connectivity index (χ3v) is 15.3. The lowest BCUT2D eigenvalue weighted by Gasteiger charge is -2.71. The third kappa shape index (κ3) is 4.54. The topological polar surface area (TPSA) is 157 Å². The largest absolute Gasteiger partial charge is 0.432 e. The molecule has 256 valence electrons. The van der Waals surface area contributed by atoms with Crippen LogP contribution in [0.25, 0.3) is 0 Å². The number of aliphatic hydroxyl groups is 6. The Balaban J connectivity index is 1.37. The number of carbonyl (C=O) groups excluding carboxylic acids is 1. The number of rotatable bonds is 3. The van der Waals surface area contributed by atoms with Crippen LogP contribution in [0.1, 0.15) is 106 Å². The molecule has 0 spiro atoms. The maximum absolute atomic E-state index is 14.4. The summed E-state index contributed by atoms with van der Waals surface area (Å²) in [7, 11) is 0. The Bertz CT molecular complexity index is 1210. The van der Waals surface area contributed by atoms with Gasteiger partial charge in [0, 0.05) is 0 Å². The molecule has 0 aromatic rings. The molecule has 5 aliphatic carbocycles. The summed E-state index contributed by atoms with van der Waals surface area (Å²) in [5, 5.41) is 63.4. The van der Waals surface area contributed by atoms with Crippen molar-refractivity contribution >= 4 is 5.97 Å². The molecule has 6 aliphatic rings. The van der Waals surface area contributed by atoms with Crippen LogP contribution in [0.3, 0.4) is 0 Å². The maximum Gasteiger partial charge on any atom is 0.315 e. The van der Waals surface area contributed by atoms with Crippen LogP contribution >= 0.6 is 0 Å². The van der Waals surface area contributed by atoms with Gasteiger partial charge in [0.25, 0.3) is 0 Å². The van der Waals surface area contributed by atoms with E-state index >= 15 is 0 Å². The summed E-state index contributed by atoms with van der Waals surface area (Å²) in [6.45, 7) is 15.4. The fraction of sp³-hybridized carbons (Fsp3) is 0.917. The molecule has 1 saturated heterocycles. The molecule has 0 aromatic carbocycles. The quantitative estimate of drug-likeness (QED) is 0.202. The molecule has 1 heterocycles. The predicted molar refractivity (Wildman–Crippen MR) is 166 cm³/mol. The molecule has 14 atom stereocenters. The molecule has 14 unspecified atom stereocenters. The van der Waals surface area contributed by atoms with Crippen LogP contribution in [0.5, 0.6) is 0 Å². The SMILES string of the molecule is CC1(C)CC2C3=CCC4C5(C)CCC(O)C(C)(C)C5CCC4(C)C3(C)CCC2(C(=O)OC2OC(CO)C(O)C(O)C2O)CC1O. The van der Waals surface area contributed by atoms with Gasteiger partial charge >= 0.3 is 5.97 Å². The first kappa shape index (κ1) is 33.8. The zero-order valence-corrected chi connectivity index (χ0v) is 28.3. The Morgan fingerprint density at radius 2 is 1.53 bits per heavy atom. The minimum Gasteiger partial charge on any atom is -0.432 e. The second kappa shape index (κ2) is 10.7.